The summed E-state index contributed by atoms with van der Waals surface area (Å²) in [7, 11) is -4.39. The van der Waals surface area contributed by atoms with Crippen LogP contribution in [0.25, 0.3) is 0 Å². The maximum absolute atomic E-state index is 13.5. The molecule has 23 heavy (non-hydrogen) atoms. The molecule has 0 unspecified atom stereocenters. The predicted octanol–water partition coefficient (Wildman–Crippen LogP) is 4.00. The first-order valence-corrected chi connectivity index (χ1v) is 8.19. The van der Waals surface area contributed by atoms with E-state index in [1.165, 1.54) is 12.1 Å². The number of benzene rings is 2. The highest BCUT2D eigenvalue weighted by molar-refractivity contribution is 7.92. The van der Waals surface area contributed by atoms with Crippen LogP contribution in [0.4, 0.5) is 23.2 Å². The Labute approximate surface area is 131 Å². The van der Waals surface area contributed by atoms with Crippen molar-refractivity contribution < 1.29 is 26.0 Å². The van der Waals surface area contributed by atoms with Crippen molar-refractivity contribution in [3.8, 4) is 0 Å². The fourth-order valence-corrected chi connectivity index (χ4v) is 3.04. The Morgan fingerprint density at radius 1 is 0.957 bits per heavy atom. The second-order valence-corrected chi connectivity index (χ2v) is 6.53. The van der Waals surface area contributed by atoms with Crippen molar-refractivity contribution in [3.05, 3.63) is 59.2 Å². The maximum atomic E-state index is 13.5. The van der Waals surface area contributed by atoms with Crippen molar-refractivity contribution >= 4 is 15.7 Å². The lowest BCUT2D eigenvalue weighted by Crippen LogP contribution is -2.16. The average Bonchev–Trinajstić information content (AvgIpc) is 2.50. The van der Waals surface area contributed by atoms with Crippen LogP contribution in [0.3, 0.4) is 0 Å². The lowest BCUT2D eigenvalue weighted by Gasteiger charge is -2.11. The molecule has 0 aromatic heterocycles. The molecular weight excluding hydrogens is 334 g/mol. The van der Waals surface area contributed by atoms with Gasteiger partial charge in [-0.3, -0.25) is 4.72 Å². The molecule has 0 aliphatic rings. The maximum Gasteiger partial charge on any atom is 0.262 e. The van der Waals surface area contributed by atoms with Crippen molar-refractivity contribution in [2.24, 2.45) is 0 Å². The molecule has 2 aromatic rings. The number of hydrogen-bond acceptors (Lipinski definition) is 2. The van der Waals surface area contributed by atoms with Crippen molar-refractivity contribution in [1.82, 2.24) is 0 Å². The van der Waals surface area contributed by atoms with Gasteiger partial charge in [0.05, 0.1) is 4.90 Å². The number of anilines is 1. The van der Waals surface area contributed by atoms with Gasteiger partial charge < -0.3 is 0 Å². The molecule has 0 atom stereocenters. The second-order valence-electron chi connectivity index (χ2n) is 4.84. The van der Waals surface area contributed by atoms with Crippen molar-refractivity contribution in [2.75, 3.05) is 4.72 Å². The number of aryl methyl sites for hydroxylation is 1. The lowest BCUT2D eigenvalue weighted by molar-refractivity contribution is 0.459. The Hall–Kier alpha value is -2.09. The van der Waals surface area contributed by atoms with Gasteiger partial charge in [-0.25, -0.2) is 26.0 Å². The quantitative estimate of drug-likeness (QED) is 0.656. The summed E-state index contributed by atoms with van der Waals surface area (Å²) in [4.78, 5) is -0.277. The van der Waals surface area contributed by atoms with Gasteiger partial charge in [0.25, 0.3) is 10.0 Å². The predicted molar refractivity (Wildman–Crippen MR) is 77.5 cm³/mol. The largest absolute Gasteiger partial charge is 0.274 e. The summed E-state index contributed by atoms with van der Waals surface area (Å²) >= 11 is 0. The summed E-state index contributed by atoms with van der Waals surface area (Å²) in [5, 5.41) is 0. The third-order valence-corrected chi connectivity index (χ3v) is 4.49. The Balaban J connectivity index is 2.39. The molecule has 3 nitrogen and oxygen atoms in total. The van der Waals surface area contributed by atoms with E-state index in [4.69, 9.17) is 0 Å². The monoisotopic (exact) mass is 347 g/mol. The van der Waals surface area contributed by atoms with Gasteiger partial charge in [-0.15, -0.1) is 0 Å². The van der Waals surface area contributed by atoms with Crippen LogP contribution in [0.5, 0.6) is 0 Å². The fraction of sp³-hybridized carbons (Fsp3) is 0.200. The molecule has 0 aliphatic carbocycles. The topological polar surface area (TPSA) is 46.2 Å². The van der Waals surface area contributed by atoms with E-state index in [-0.39, 0.29) is 11.0 Å². The minimum Gasteiger partial charge on any atom is -0.274 e. The molecule has 0 fully saturated rings. The van der Waals surface area contributed by atoms with Crippen molar-refractivity contribution in [3.63, 3.8) is 0 Å². The molecule has 124 valence electrons. The standard InChI is InChI=1S/C15H13F4NO2S/c1-2-3-9-4-6-10(7-5-9)23(21,22)20-15-13(18)11(16)8-12(17)14(15)19/h4-8,20H,2-3H2,1H3. The Morgan fingerprint density at radius 3 is 1.96 bits per heavy atom. The minimum absolute atomic E-state index is 0.00199. The summed E-state index contributed by atoms with van der Waals surface area (Å²) in [6.07, 6.45) is 1.61. The van der Waals surface area contributed by atoms with Gasteiger partial charge in [-0.05, 0) is 24.1 Å². The molecule has 8 heteroatoms. The number of nitrogens with one attached hydrogen (secondary N) is 1. The Kier molecular flexibility index (Phi) is 4.93. The van der Waals surface area contributed by atoms with Gasteiger partial charge in [-0.2, -0.15) is 0 Å². The molecule has 0 saturated carbocycles. The van der Waals surface area contributed by atoms with Gasteiger partial charge in [0.2, 0.25) is 0 Å². The molecule has 0 spiro atoms. The first kappa shape index (κ1) is 17.3. The highest BCUT2D eigenvalue weighted by Gasteiger charge is 2.24. The smallest absolute Gasteiger partial charge is 0.262 e. The molecule has 2 aromatic carbocycles. The van der Waals surface area contributed by atoms with Crippen LogP contribution >= 0.6 is 0 Å². The van der Waals surface area contributed by atoms with Crippen LogP contribution in [0, 0.1) is 23.3 Å². The minimum atomic E-state index is -4.39. The average molecular weight is 347 g/mol. The third-order valence-electron chi connectivity index (χ3n) is 3.12. The zero-order chi connectivity index (χ0) is 17.2. The summed E-state index contributed by atoms with van der Waals surface area (Å²) in [6.45, 7) is 1.95. The zero-order valence-electron chi connectivity index (χ0n) is 12.0. The van der Waals surface area contributed by atoms with E-state index in [9.17, 15) is 26.0 Å². The number of rotatable bonds is 5. The first-order valence-electron chi connectivity index (χ1n) is 6.71. The summed E-state index contributed by atoms with van der Waals surface area (Å²) in [5.74, 6) is -7.01. The molecule has 0 bridgehead atoms. The molecule has 0 heterocycles. The number of hydrogen-bond donors (Lipinski definition) is 1. The van der Waals surface area contributed by atoms with Crippen LogP contribution < -0.4 is 4.72 Å². The third kappa shape index (κ3) is 3.64. The summed E-state index contributed by atoms with van der Waals surface area (Å²) < 4.78 is 79.1. The molecular formula is C15H13F4NO2S. The molecule has 2 rings (SSSR count). The van der Waals surface area contributed by atoms with E-state index < -0.39 is 39.0 Å². The SMILES string of the molecule is CCCc1ccc(S(=O)(=O)Nc2c(F)c(F)cc(F)c2F)cc1. The van der Waals surface area contributed by atoms with Crippen LogP contribution in [-0.4, -0.2) is 8.42 Å². The van der Waals surface area contributed by atoms with Gasteiger partial charge in [-0.1, -0.05) is 25.5 Å². The molecule has 0 aliphatic heterocycles. The van der Waals surface area contributed by atoms with Gasteiger partial charge in [0, 0.05) is 6.07 Å². The molecule has 0 saturated heterocycles. The molecule has 0 radical (unpaired) electrons. The van der Waals surface area contributed by atoms with Crippen molar-refractivity contribution in [1.29, 1.82) is 0 Å². The van der Waals surface area contributed by atoms with Crippen LogP contribution in [0.15, 0.2) is 35.2 Å². The first-order chi connectivity index (χ1) is 10.8. The van der Waals surface area contributed by atoms with Crippen LogP contribution in [-0.2, 0) is 16.4 Å². The summed E-state index contributed by atoms with van der Waals surface area (Å²) in [6, 6.07) is 5.60. The van der Waals surface area contributed by atoms with E-state index in [0.29, 0.717) is 0 Å². The summed E-state index contributed by atoms with van der Waals surface area (Å²) in [5.41, 5.74) is -0.499. The number of sulfonamides is 1. The Morgan fingerprint density at radius 2 is 1.48 bits per heavy atom. The van der Waals surface area contributed by atoms with Crippen LogP contribution in [0.2, 0.25) is 0 Å². The zero-order valence-corrected chi connectivity index (χ0v) is 12.9. The van der Waals surface area contributed by atoms with Crippen molar-refractivity contribution in [2.45, 2.75) is 24.7 Å². The van der Waals surface area contributed by atoms with Gasteiger partial charge in [0.15, 0.2) is 23.3 Å². The van der Waals surface area contributed by atoms with Crippen LogP contribution in [0.1, 0.15) is 18.9 Å². The fourth-order valence-electron chi connectivity index (χ4n) is 1.98. The molecule has 1 N–H and O–H groups in total. The van der Waals surface area contributed by atoms with Gasteiger partial charge >= 0.3 is 0 Å². The normalized spacial score (nSPS) is 11.5. The number of halogens is 4. The van der Waals surface area contributed by atoms with E-state index in [2.05, 4.69) is 0 Å². The molecule has 0 amide bonds. The lowest BCUT2D eigenvalue weighted by atomic mass is 10.1. The second kappa shape index (κ2) is 6.57. The van der Waals surface area contributed by atoms with E-state index in [1.54, 1.807) is 16.9 Å². The highest BCUT2D eigenvalue weighted by Crippen LogP contribution is 2.26. The highest BCUT2D eigenvalue weighted by atomic mass is 32.2. The van der Waals surface area contributed by atoms with E-state index >= 15 is 0 Å². The van der Waals surface area contributed by atoms with E-state index in [1.807, 2.05) is 6.92 Å². The van der Waals surface area contributed by atoms with E-state index in [0.717, 1.165) is 18.4 Å². The van der Waals surface area contributed by atoms with Gasteiger partial charge in [0.1, 0.15) is 5.69 Å². The Bertz CT molecular complexity index is 794.